The standard InChI is InChI=1S/C32H41N3O4.3ClH/c1-35(19-5-17-33,20-6-18-34)23-26-11-15-28(16-12-26)27-13-9-25(10-14-27)22-30(32(38)39)29(31(36)37)21-24-7-3-2-4-8-24;;;/h2-4,7-16,29-30H,5-6,17-23,33-34H2,1H3,(H-,36,37,38,39);3*1H/t29-,30-;;;/m0.../s1. The Morgan fingerprint density at radius 2 is 1.02 bits per heavy atom. The van der Waals surface area contributed by atoms with Crippen molar-refractivity contribution >= 4 is 11.9 Å². The summed E-state index contributed by atoms with van der Waals surface area (Å²) >= 11 is 0. The number of carboxylic acids is 2. The van der Waals surface area contributed by atoms with Gasteiger partial charge in [0, 0.05) is 18.4 Å². The molecule has 0 aromatic heterocycles. The third-order valence-electron chi connectivity index (χ3n) is 7.58. The van der Waals surface area contributed by atoms with Crippen LogP contribution >= 0.6 is 0 Å². The average molecular weight is 641 g/mol. The summed E-state index contributed by atoms with van der Waals surface area (Å²) in [7, 11) is 2.32. The van der Waals surface area contributed by atoms with E-state index in [4.69, 9.17) is 0 Å². The Kier molecular flexibility index (Phi) is 18.3. The molecule has 0 spiro atoms. The molecule has 0 radical (unpaired) electrons. The van der Waals surface area contributed by atoms with Gasteiger partial charge in [0.2, 0.25) is 0 Å². The van der Waals surface area contributed by atoms with E-state index in [2.05, 4.69) is 42.8 Å². The minimum atomic E-state index is -1.09. The molecule has 0 bridgehead atoms. The van der Waals surface area contributed by atoms with Crippen LogP contribution in [-0.4, -0.2) is 59.9 Å². The van der Waals surface area contributed by atoms with E-state index in [-0.39, 0.29) is 50.1 Å². The Morgan fingerprint density at radius 1 is 0.643 bits per heavy atom. The van der Waals surface area contributed by atoms with Crippen LogP contribution in [0.5, 0.6) is 0 Å². The topological polar surface area (TPSA) is 130 Å². The highest BCUT2D eigenvalue weighted by atomic mass is 35.5. The molecule has 42 heavy (non-hydrogen) atoms. The number of carbonyl (C=O) groups is 2. The average Bonchev–Trinajstić information content (AvgIpc) is 2.94. The van der Waals surface area contributed by atoms with E-state index in [0.717, 1.165) is 72.3 Å². The predicted molar refractivity (Wildman–Crippen MR) is 152 cm³/mol. The highest BCUT2D eigenvalue weighted by Crippen LogP contribution is 2.26. The highest BCUT2D eigenvalue weighted by molar-refractivity contribution is 5.80. The third-order valence-corrected chi connectivity index (χ3v) is 7.58. The molecule has 0 aliphatic carbocycles. The van der Waals surface area contributed by atoms with Gasteiger partial charge in [0.05, 0.1) is 45.1 Å². The van der Waals surface area contributed by atoms with Gasteiger partial charge in [-0.1, -0.05) is 78.9 Å². The van der Waals surface area contributed by atoms with E-state index in [1.165, 1.54) is 5.56 Å². The Bertz CT molecular complexity index is 1190. The van der Waals surface area contributed by atoms with Crippen LogP contribution in [0.1, 0.15) is 29.5 Å². The van der Waals surface area contributed by atoms with Crippen LogP contribution in [0.2, 0.25) is 0 Å². The van der Waals surface area contributed by atoms with Gasteiger partial charge in [-0.05, 0) is 35.1 Å². The second-order valence-corrected chi connectivity index (χ2v) is 10.8. The second-order valence-electron chi connectivity index (χ2n) is 10.8. The number of quaternary nitrogens is 3. The normalized spacial score (nSPS) is 12.2. The first-order valence-electron chi connectivity index (χ1n) is 13.8. The van der Waals surface area contributed by atoms with E-state index >= 15 is 0 Å². The molecule has 3 aromatic rings. The lowest BCUT2D eigenvalue weighted by Crippen LogP contribution is -3.00. The first-order chi connectivity index (χ1) is 18.7. The number of benzene rings is 3. The molecular formula is C32H44Cl3N3O4. The maximum Gasteiger partial charge on any atom is 0.307 e. The lowest BCUT2D eigenvalue weighted by atomic mass is 9.82. The van der Waals surface area contributed by atoms with Crippen LogP contribution in [-0.2, 0) is 29.0 Å². The van der Waals surface area contributed by atoms with Crippen molar-refractivity contribution in [1.29, 1.82) is 0 Å². The molecule has 232 valence electrons. The van der Waals surface area contributed by atoms with Gasteiger partial charge >= 0.3 is 11.9 Å². The Balaban J connectivity index is 0.00000560. The number of halogens is 3. The first-order valence-corrected chi connectivity index (χ1v) is 13.8. The molecule has 0 aliphatic rings. The van der Waals surface area contributed by atoms with Crippen LogP contribution in [0.15, 0.2) is 78.9 Å². The monoisotopic (exact) mass is 639 g/mol. The number of rotatable bonds is 16. The Morgan fingerprint density at radius 3 is 1.40 bits per heavy atom. The number of hydrogen-bond acceptors (Lipinski definition) is 2. The Hall–Kier alpha value is -2.65. The molecule has 0 fully saturated rings. The molecule has 0 saturated heterocycles. The molecule has 3 aromatic carbocycles. The molecule has 0 saturated carbocycles. The van der Waals surface area contributed by atoms with Crippen molar-refractivity contribution in [2.24, 2.45) is 11.8 Å². The van der Waals surface area contributed by atoms with Crippen molar-refractivity contribution in [1.82, 2.24) is 0 Å². The van der Waals surface area contributed by atoms with Crippen molar-refractivity contribution in [2.45, 2.75) is 32.2 Å². The van der Waals surface area contributed by atoms with Gasteiger partial charge < -0.3 is 63.4 Å². The van der Waals surface area contributed by atoms with Gasteiger partial charge in [-0.25, -0.2) is 0 Å². The molecule has 0 amide bonds. The number of nitrogens with zero attached hydrogens (tertiary/aromatic N) is 1. The van der Waals surface area contributed by atoms with Crippen LogP contribution in [0, 0.1) is 11.8 Å². The van der Waals surface area contributed by atoms with Gasteiger partial charge in [-0.15, -0.1) is 0 Å². The van der Waals surface area contributed by atoms with Crippen molar-refractivity contribution in [3.63, 3.8) is 0 Å². The maximum absolute atomic E-state index is 12.1. The van der Waals surface area contributed by atoms with Gasteiger partial charge in [0.15, 0.2) is 0 Å². The molecule has 8 N–H and O–H groups in total. The molecule has 0 heterocycles. The highest BCUT2D eigenvalue weighted by Gasteiger charge is 2.34. The predicted octanol–water partition coefficient (Wildman–Crippen LogP) is -6.24. The van der Waals surface area contributed by atoms with Gasteiger partial charge in [0.25, 0.3) is 0 Å². The lowest BCUT2D eigenvalue weighted by Gasteiger charge is -2.34. The van der Waals surface area contributed by atoms with E-state index in [1.807, 2.05) is 54.6 Å². The number of carboxylic acid groups (broad SMARTS) is 2. The number of aliphatic carboxylic acids is 2. The van der Waals surface area contributed by atoms with E-state index in [0.29, 0.717) is 0 Å². The summed E-state index contributed by atoms with van der Waals surface area (Å²) in [5, 5.41) is 19.7. The molecule has 3 rings (SSSR count). The van der Waals surface area contributed by atoms with Crippen molar-refractivity contribution < 1.29 is 73.0 Å². The number of hydrogen-bond donors (Lipinski definition) is 4. The summed E-state index contributed by atoms with van der Waals surface area (Å²) in [4.78, 5) is 24.1. The van der Waals surface area contributed by atoms with E-state index in [9.17, 15) is 19.8 Å². The summed E-state index contributed by atoms with van der Waals surface area (Å²) in [6.45, 7) is 5.09. The molecular weight excluding hydrogens is 597 g/mol. The Labute approximate surface area is 268 Å². The zero-order valence-corrected chi connectivity index (χ0v) is 26.5. The molecule has 0 unspecified atom stereocenters. The summed E-state index contributed by atoms with van der Waals surface area (Å²) in [6.07, 6.45) is 2.57. The fourth-order valence-corrected chi connectivity index (χ4v) is 5.26. The third kappa shape index (κ3) is 11.9. The van der Waals surface area contributed by atoms with Crippen LogP contribution in [0.4, 0.5) is 0 Å². The minimum Gasteiger partial charge on any atom is -1.00 e. The fourth-order valence-electron chi connectivity index (χ4n) is 5.26. The van der Waals surface area contributed by atoms with E-state index in [1.54, 1.807) is 0 Å². The lowest BCUT2D eigenvalue weighted by molar-refractivity contribution is -0.923. The summed E-state index contributed by atoms with van der Waals surface area (Å²) in [5.41, 5.74) is 13.1. The molecule has 0 aliphatic heterocycles. The molecule has 2 atom stereocenters. The fraction of sp³-hybridized carbons (Fsp3) is 0.375. The quantitative estimate of drug-likeness (QED) is 0.116. The zero-order valence-electron chi connectivity index (χ0n) is 24.2. The van der Waals surface area contributed by atoms with Gasteiger partial charge in [-0.2, -0.15) is 0 Å². The largest absolute Gasteiger partial charge is 1.00 e. The SMILES string of the molecule is C[N+](CCC[NH3+])(CCC[NH3+])Cc1ccc(-c2ccc(C[C@H](C(=O)O)[C@H](Cc3ccccc3)C(=O)O)cc2)cc1.[Cl-].[Cl-].[Cl-]. The summed E-state index contributed by atoms with van der Waals surface area (Å²) < 4.78 is 0.992. The minimum absolute atomic E-state index is 0. The second kappa shape index (κ2) is 19.5. The van der Waals surface area contributed by atoms with Gasteiger partial charge in [-0.3, -0.25) is 9.59 Å². The smallest absolute Gasteiger partial charge is 0.307 e. The summed E-state index contributed by atoms with van der Waals surface area (Å²) in [6, 6.07) is 25.6. The first kappa shape index (κ1) is 39.4. The van der Waals surface area contributed by atoms with Crippen LogP contribution in [0.25, 0.3) is 11.1 Å². The zero-order chi connectivity index (χ0) is 28.3. The van der Waals surface area contributed by atoms with Gasteiger partial charge in [0.1, 0.15) is 6.54 Å². The van der Waals surface area contributed by atoms with Crippen molar-refractivity contribution in [3.8, 4) is 11.1 Å². The molecule has 7 nitrogen and oxygen atoms in total. The van der Waals surface area contributed by atoms with Crippen LogP contribution in [0.3, 0.4) is 0 Å². The molecule has 10 heteroatoms. The van der Waals surface area contributed by atoms with E-state index < -0.39 is 23.8 Å². The summed E-state index contributed by atoms with van der Waals surface area (Å²) in [5.74, 6) is -4.21. The van der Waals surface area contributed by atoms with Crippen molar-refractivity contribution in [2.75, 3.05) is 33.2 Å². The van der Waals surface area contributed by atoms with Crippen LogP contribution < -0.4 is 48.7 Å². The maximum atomic E-state index is 12.1. The van der Waals surface area contributed by atoms with Crippen molar-refractivity contribution in [3.05, 3.63) is 95.6 Å².